The largest absolute Gasteiger partial charge is 0.213 e. The number of fused-ring (bicyclic) bond motifs is 2. The van der Waals surface area contributed by atoms with Gasteiger partial charge in [-0.05, 0) is 40.8 Å². The summed E-state index contributed by atoms with van der Waals surface area (Å²) >= 11 is 0. The molecule has 0 amide bonds. The van der Waals surface area contributed by atoms with Gasteiger partial charge in [0.1, 0.15) is 7.05 Å². The van der Waals surface area contributed by atoms with Crippen LogP contribution in [0.5, 0.6) is 0 Å². The SMILES string of the molecule is Cc1ccc2ccccc2c1-c1ccc2c(C(C)C)cccc2[n+]1C. The molecular weight excluding hydrogens is 302 g/mol. The lowest BCUT2D eigenvalue weighted by Gasteiger charge is -2.12. The summed E-state index contributed by atoms with van der Waals surface area (Å²) in [6, 6.07) is 24.3. The molecule has 1 aromatic heterocycles. The molecule has 4 rings (SSSR count). The molecule has 124 valence electrons. The van der Waals surface area contributed by atoms with Crippen LogP contribution in [-0.2, 0) is 7.05 Å². The van der Waals surface area contributed by atoms with Gasteiger partial charge in [-0.2, -0.15) is 4.57 Å². The molecule has 1 heteroatoms. The van der Waals surface area contributed by atoms with Crippen LogP contribution in [0.15, 0.2) is 66.7 Å². The molecule has 0 unspecified atom stereocenters. The molecule has 25 heavy (non-hydrogen) atoms. The van der Waals surface area contributed by atoms with Crippen LogP contribution in [0.1, 0.15) is 30.9 Å². The van der Waals surface area contributed by atoms with Crippen molar-refractivity contribution in [3.05, 3.63) is 77.9 Å². The number of pyridine rings is 1. The monoisotopic (exact) mass is 326 g/mol. The lowest BCUT2D eigenvalue weighted by Crippen LogP contribution is -2.32. The van der Waals surface area contributed by atoms with Crippen molar-refractivity contribution in [2.24, 2.45) is 7.05 Å². The van der Waals surface area contributed by atoms with Gasteiger partial charge in [-0.15, -0.1) is 0 Å². The second-order valence-electron chi connectivity index (χ2n) is 7.19. The zero-order valence-corrected chi connectivity index (χ0v) is 15.4. The van der Waals surface area contributed by atoms with Crippen molar-refractivity contribution >= 4 is 21.7 Å². The quantitative estimate of drug-likeness (QED) is 0.403. The van der Waals surface area contributed by atoms with Gasteiger partial charge in [0.2, 0.25) is 11.2 Å². The molecule has 1 heterocycles. The average Bonchev–Trinajstić information content (AvgIpc) is 2.62. The van der Waals surface area contributed by atoms with Crippen LogP contribution in [0.2, 0.25) is 0 Å². The third-order valence-corrected chi connectivity index (χ3v) is 5.26. The number of benzene rings is 3. The molecule has 0 aliphatic rings. The Hall–Kier alpha value is -2.67. The second-order valence-corrected chi connectivity index (χ2v) is 7.19. The highest BCUT2D eigenvalue weighted by atomic mass is 14.9. The van der Waals surface area contributed by atoms with E-state index in [1.54, 1.807) is 0 Å². The number of hydrogen-bond acceptors (Lipinski definition) is 0. The van der Waals surface area contributed by atoms with Crippen LogP contribution >= 0.6 is 0 Å². The van der Waals surface area contributed by atoms with Crippen molar-refractivity contribution in [2.45, 2.75) is 26.7 Å². The molecule has 0 saturated carbocycles. The maximum atomic E-state index is 2.34. The molecule has 0 aliphatic heterocycles. The summed E-state index contributed by atoms with van der Waals surface area (Å²) in [5.74, 6) is 0.522. The minimum absolute atomic E-state index is 0.522. The summed E-state index contributed by atoms with van der Waals surface area (Å²) in [7, 11) is 2.18. The van der Waals surface area contributed by atoms with Crippen molar-refractivity contribution in [3.8, 4) is 11.3 Å². The van der Waals surface area contributed by atoms with E-state index in [1.807, 2.05) is 0 Å². The van der Waals surface area contributed by atoms with E-state index >= 15 is 0 Å². The molecule has 0 atom stereocenters. The average molecular weight is 326 g/mol. The molecule has 3 aromatic carbocycles. The van der Waals surface area contributed by atoms with Gasteiger partial charge >= 0.3 is 0 Å². The van der Waals surface area contributed by atoms with Crippen molar-refractivity contribution in [1.82, 2.24) is 0 Å². The highest BCUT2D eigenvalue weighted by molar-refractivity contribution is 5.97. The molecule has 0 saturated heterocycles. The van der Waals surface area contributed by atoms with Gasteiger partial charge in [0.05, 0.1) is 5.56 Å². The number of aryl methyl sites for hydroxylation is 2. The third kappa shape index (κ3) is 2.51. The second kappa shape index (κ2) is 6.00. The minimum atomic E-state index is 0.522. The first-order valence-corrected chi connectivity index (χ1v) is 8.98. The maximum Gasteiger partial charge on any atom is 0.213 e. The Morgan fingerprint density at radius 1 is 0.760 bits per heavy atom. The number of rotatable bonds is 2. The van der Waals surface area contributed by atoms with E-state index in [1.165, 1.54) is 44.1 Å². The van der Waals surface area contributed by atoms with E-state index < -0.39 is 0 Å². The van der Waals surface area contributed by atoms with E-state index in [4.69, 9.17) is 0 Å². The first kappa shape index (κ1) is 15.8. The van der Waals surface area contributed by atoms with Crippen LogP contribution in [0.4, 0.5) is 0 Å². The molecule has 0 fully saturated rings. The smallest absolute Gasteiger partial charge is 0.194 e. The Labute approximate surface area is 149 Å². The van der Waals surface area contributed by atoms with Crippen LogP contribution in [-0.4, -0.2) is 0 Å². The maximum absolute atomic E-state index is 2.34. The molecule has 4 aromatic rings. The van der Waals surface area contributed by atoms with Crippen molar-refractivity contribution in [1.29, 1.82) is 0 Å². The predicted octanol–water partition coefficient (Wildman–Crippen LogP) is 5.92. The van der Waals surface area contributed by atoms with Gasteiger partial charge in [-0.3, -0.25) is 0 Å². The fourth-order valence-corrected chi connectivity index (χ4v) is 3.92. The first-order valence-electron chi connectivity index (χ1n) is 8.98. The molecule has 0 aliphatic carbocycles. The summed E-state index contributed by atoms with van der Waals surface area (Å²) in [5.41, 5.74) is 6.61. The normalized spacial score (nSPS) is 11.6. The van der Waals surface area contributed by atoms with Crippen LogP contribution < -0.4 is 4.57 Å². The lowest BCUT2D eigenvalue weighted by atomic mass is 9.94. The summed E-state index contributed by atoms with van der Waals surface area (Å²) in [5, 5.41) is 3.96. The number of aromatic nitrogens is 1. The fourth-order valence-electron chi connectivity index (χ4n) is 3.92. The van der Waals surface area contributed by atoms with Gasteiger partial charge in [0.25, 0.3) is 0 Å². The van der Waals surface area contributed by atoms with E-state index in [2.05, 4.69) is 99.1 Å². The van der Waals surface area contributed by atoms with Crippen LogP contribution in [0.3, 0.4) is 0 Å². The van der Waals surface area contributed by atoms with E-state index in [0.717, 1.165) is 0 Å². The van der Waals surface area contributed by atoms with Gasteiger partial charge in [-0.1, -0.05) is 62.4 Å². The van der Waals surface area contributed by atoms with Crippen LogP contribution in [0, 0.1) is 6.92 Å². The topological polar surface area (TPSA) is 3.88 Å². The van der Waals surface area contributed by atoms with Gasteiger partial charge in [-0.25, -0.2) is 0 Å². The summed E-state index contributed by atoms with van der Waals surface area (Å²) < 4.78 is 2.34. The van der Waals surface area contributed by atoms with Crippen molar-refractivity contribution in [2.75, 3.05) is 0 Å². The Morgan fingerprint density at radius 3 is 2.36 bits per heavy atom. The molecule has 0 spiro atoms. The Bertz CT molecular complexity index is 1090. The highest BCUT2D eigenvalue weighted by Gasteiger charge is 2.19. The van der Waals surface area contributed by atoms with Gasteiger partial charge < -0.3 is 0 Å². The summed E-state index contributed by atoms with van der Waals surface area (Å²) in [6.07, 6.45) is 0. The third-order valence-electron chi connectivity index (χ3n) is 5.26. The van der Waals surface area contributed by atoms with Gasteiger partial charge in [0.15, 0.2) is 0 Å². The summed E-state index contributed by atoms with van der Waals surface area (Å²) in [6.45, 7) is 6.73. The predicted molar refractivity (Wildman–Crippen MR) is 107 cm³/mol. The van der Waals surface area contributed by atoms with Crippen molar-refractivity contribution in [3.63, 3.8) is 0 Å². The van der Waals surface area contributed by atoms with E-state index in [0.29, 0.717) is 5.92 Å². The molecule has 1 nitrogen and oxygen atoms in total. The molecule has 0 bridgehead atoms. The van der Waals surface area contributed by atoms with Crippen LogP contribution in [0.25, 0.3) is 32.9 Å². The standard InChI is InChI=1S/C24H24N/c1-16(2)19-10-7-11-22-21(19)14-15-23(25(22)4)24-17(3)12-13-18-8-5-6-9-20(18)24/h5-16H,1-4H3/q+1. The van der Waals surface area contributed by atoms with Crippen molar-refractivity contribution < 1.29 is 4.57 Å². The summed E-state index contributed by atoms with van der Waals surface area (Å²) in [4.78, 5) is 0. The van der Waals surface area contributed by atoms with E-state index in [-0.39, 0.29) is 0 Å². The van der Waals surface area contributed by atoms with E-state index in [9.17, 15) is 0 Å². The number of nitrogens with zero attached hydrogens (tertiary/aromatic N) is 1. The zero-order valence-electron chi connectivity index (χ0n) is 15.4. The fraction of sp³-hybridized carbons (Fsp3) is 0.208. The first-order chi connectivity index (χ1) is 12.1. The van der Waals surface area contributed by atoms with Gasteiger partial charge in [0, 0.05) is 17.5 Å². The highest BCUT2D eigenvalue weighted by Crippen LogP contribution is 2.32. The molecule has 0 radical (unpaired) electrons. The Balaban J connectivity index is 2.07. The minimum Gasteiger partial charge on any atom is -0.194 e. The molecule has 0 N–H and O–H groups in total. The Morgan fingerprint density at radius 2 is 1.56 bits per heavy atom. The lowest BCUT2D eigenvalue weighted by molar-refractivity contribution is -0.633. The molecular formula is C24H24N+. The number of hydrogen-bond donors (Lipinski definition) is 0. The zero-order chi connectivity index (χ0) is 17.6. The Kier molecular flexibility index (Phi) is 3.80.